The van der Waals surface area contributed by atoms with E-state index in [1.807, 2.05) is 0 Å². The van der Waals surface area contributed by atoms with Crippen molar-refractivity contribution < 1.29 is 4.79 Å². The minimum Gasteiger partial charge on any atom is -0.309 e. The van der Waals surface area contributed by atoms with Crippen LogP contribution in [0.5, 0.6) is 0 Å². The summed E-state index contributed by atoms with van der Waals surface area (Å²) >= 11 is 5.57. The first-order valence-electron chi connectivity index (χ1n) is 4.85. The molecule has 17 heavy (non-hydrogen) atoms. The molecule has 0 unspecified atom stereocenters. The molecule has 1 amide bonds. The fourth-order valence-electron chi connectivity index (χ4n) is 1.15. The maximum atomic E-state index is 11.5. The molecule has 0 aliphatic heterocycles. The third-order valence-corrected chi connectivity index (χ3v) is 2.14. The van der Waals surface area contributed by atoms with E-state index in [1.54, 1.807) is 23.1 Å². The van der Waals surface area contributed by atoms with Crippen LogP contribution in [0.15, 0.2) is 24.8 Å². The molecule has 8 heteroatoms. The van der Waals surface area contributed by atoms with Gasteiger partial charge in [0.2, 0.25) is 5.91 Å². The van der Waals surface area contributed by atoms with Crippen molar-refractivity contribution in [3.05, 3.63) is 29.9 Å². The molecule has 0 aliphatic rings. The van der Waals surface area contributed by atoms with E-state index in [0.29, 0.717) is 12.4 Å². The molecule has 0 bridgehead atoms. The van der Waals surface area contributed by atoms with Gasteiger partial charge in [-0.3, -0.25) is 9.48 Å². The van der Waals surface area contributed by atoms with E-state index < -0.39 is 0 Å². The van der Waals surface area contributed by atoms with Crippen LogP contribution in [-0.4, -0.2) is 30.9 Å². The molecule has 2 rings (SSSR count). The molecule has 0 aliphatic carbocycles. The van der Waals surface area contributed by atoms with Gasteiger partial charge in [-0.2, -0.15) is 5.10 Å². The molecule has 0 saturated carbocycles. The maximum absolute atomic E-state index is 11.5. The summed E-state index contributed by atoms with van der Waals surface area (Å²) in [6.07, 6.45) is 3.26. The molecule has 88 valence electrons. The summed E-state index contributed by atoms with van der Waals surface area (Å²) in [6, 6.07) is 3.14. The first-order chi connectivity index (χ1) is 8.24. The third kappa shape index (κ3) is 3.49. The summed E-state index contributed by atoms with van der Waals surface area (Å²) in [5, 5.41) is 14.1. The van der Waals surface area contributed by atoms with Gasteiger partial charge in [-0.25, -0.2) is 4.98 Å². The number of hydrogen-bond donors (Lipinski definition) is 1. The van der Waals surface area contributed by atoms with Gasteiger partial charge in [-0.15, -0.1) is 10.2 Å². The lowest BCUT2D eigenvalue weighted by atomic mass is 10.4. The van der Waals surface area contributed by atoms with E-state index in [9.17, 15) is 4.79 Å². The lowest BCUT2D eigenvalue weighted by Gasteiger charge is -2.03. The first-order valence-corrected chi connectivity index (χ1v) is 5.23. The smallest absolute Gasteiger partial charge is 0.227 e. The second-order valence-electron chi connectivity index (χ2n) is 3.20. The fraction of sp³-hybridized carbons (Fsp3) is 0.222. The highest BCUT2D eigenvalue weighted by Crippen LogP contribution is 2.06. The summed E-state index contributed by atoms with van der Waals surface area (Å²) in [6.45, 7) is 0.465. The Morgan fingerprint density at radius 1 is 1.41 bits per heavy atom. The van der Waals surface area contributed by atoms with Gasteiger partial charge < -0.3 is 5.32 Å². The van der Waals surface area contributed by atoms with Gasteiger partial charge in [-0.1, -0.05) is 11.6 Å². The number of anilines is 1. The highest BCUT2D eigenvalue weighted by Gasteiger charge is 2.04. The zero-order chi connectivity index (χ0) is 12.1. The van der Waals surface area contributed by atoms with Gasteiger partial charge in [0.25, 0.3) is 0 Å². The number of carbonyl (C=O) groups is 1. The van der Waals surface area contributed by atoms with Crippen molar-refractivity contribution in [2.75, 3.05) is 5.32 Å². The monoisotopic (exact) mass is 252 g/mol. The van der Waals surface area contributed by atoms with Gasteiger partial charge in [0, 0.05) is 6.42 Å². The van der Waals surface area contributed by atoms with Crippen molar-refractivity contribution in [2.45, 2.75) is 13.0 Å². The molecule has 2 aromatic rings. The quantitative estimate of drug-likeness (QED) is 0.868. The van der Waals surface area contributed by atoms with E-state index >= 15 is 0 Å². The maximum Gasteiger partial charge on any atom is 0.227 e. The Kier molecular flexibility index (Phi) is 3.61. The third-order valence-electron chi connectivity index (χ3n) is 1.93. The zero-order valence-corrected chi connectivity index (χ0v) is 9.50. The lowest BCUT2D eigenvalue weighted by molar-refractivity contribution is -0.116. The molecule has 0 saturated heterocycles. The molecule has 0 radical (unpaired) electrons. The largest absolute Gasteiger partial charge is 0.309 e. The summed E-state index contributed by atoms with van der Waals surface area (Å²) in [5.41, 5.74) is 0. The van der Waals surface area contributed by atoms with Crippen molar-refractivity contribution in [3.63, 3.8) is 0 Å². The average molecular weight is 253 g/mol. The fourth-order valence-corrected chi connectivity index (χ4v) is 1.25. The number of rotatable bonds is 4. The topological polar surface area (TPSA) is 85.6 Å². The van der Waals surface area contributed by atoms with Crippen molar-refractivity contribution in [2.24, 2.45) is 0 Å². The van der Waals surface area contributed by atoms with Crippen molar-refractivity contribution in [1.82, 2.24) is 25.0 Å². The summed E-state index contributed by atoms with van der Waals surface area (Å²) in [7, 11) is 0. The van der Waals surface area contributed by atoms with Gasteiger partial charge >= 0.3 is 0 Å². The van der Waals surface area contributed by atoms with E-state index in [2.05, 4.69) is 25.6 Å². The summed E-state index contributed by atoms with van der Waals surface area (Å²) in [4.78, 5) is 15.3. The van der Waals surface area contributed by atoms with Crippen molar-refractivity contribution >= 4 is 23.3 Å². The van der Waals surface area contributed by atoms with Crippen LogP contribution in [0.3, 0.4) is 0 Å². The predicted molar refractivity (Wildman–Crippen MR) is 60.3 cm³/mol. The normalized spacial score (nSPS) is 10.2. The Balaban J connectivity index is 1.83. The van der Waals surface area contributed by atoms with E-state index in [0.717, 1.165) is 0 Å². The van der Waals surface area contributed by atoms with Crippen LogP contribution in [0.2, 0.25) is 5.15 Å². The zero-order valence-electron chi connectivity index (χ0n) is 8.75. The molecule has 0 atom stereocenters. The summed E-state index contributed by atoms with van der Waals surface area (Å²) in [5.74, 6) is 0.204. The van der Waals surface area contributed by atoms with E-state index in [-0.39, 0.29) is 17.5 Å². The standard InChI is InChI=1S/C9H9ClN6O/c10-7-1-2-8(15-14-7)13-9(17)3-4-16-6-11-5-12-16/h1-2,5-6H,3-4H2,(H,13,15,17). The minimum atomic E-state index is -0.169. The number of amides is 1. The Morgan fingerprint density at radius 2 is 2.29 bits per heavy atom. The number of halogens is 1. The predicted octanol–water partition coefficient (Wildman–Crippen LogP) is 0.750. The number of aryl methyl sites for hydroxylation is 1. The van der Waals surface area contributed by atoms with Crippen molar-refractivity contribution in [3.8, 4) is 0 Å². The number of nitrogens with one attached hydrogen (secondary N) is 1. The van der Waals surface area contributed by atoms with E-state index in [1.165, 1.54) is 6.33 Å². The van der Waals surface area contributed by atoms with E-state index in [4.69, 9.17) is 11.6 Å². The second kappa shape index (κ2) is 5.35. The Morgan fingerprint density at radius 3 is 2.94 bits per heavy atom. The van der Waals surface area contributed by atoms with Crippen LogP contribution in [0.4, 0.5) is 5.82 Å². The van der Waals surface area contributed by atoms with Gasteiger partial charge in [0.1, 0.15) is 12.7 Å². The molecular weight excluding hydrogens is 244 g/mol. The summed E-state index contributed by atoms with van der Waals surface area (Å²) < 4.78 is 1.58. The Bertz CT molecular complexity index is 483. The first kappa shape index (κ1) is 11.5. The molecule has 2 aromatic heterocycles. The van der Waals surface area contributed by atoms with Crippen LogP contribution < -0.4 is 5.32 Å². The molecule has 0 aromatic carbocycles. The Hall–Kier alpha value is -2.02. The van der Waals surface area contributed by atoms with Gasteiger partial charge in [0.15, 0.2) is 11.0 Å². The molecule has 7 nitrogen and oxygen atoms in total. The lowest BCUT2D eigenvalue weighted by Crippen LogP contribution is -2.15. The average Bonchev–Trinajstić information content (AvgIpc) is 2.83. The number of nitrogens with zero attached hydrogens (tertiary/aromatic N) is 5. The highest BCUT2D eigenvalue weighted by molar-refractivity contribution is 6.29. The molecule has 1 N–H and O–H groups in total. The van der Waals surface area contributed by atoms with Crippen molar-refractivity contribution in [1.29, 1.82) is 0 Å². The second-order valence-corrected chi connectivity index (χ2v) is 3.59. The minimum absolute atomic E-state index is 0.169. The molecular formula is C9H9ClN6O. The van der Waals surface area contributed by atoms with Crippen LogP contribution in [0.25, 0.3) is 0 Å². The molecule has 2 heterocycles. The van der Waals surface area contributed by atoms with Gasteiger partial charge in [0.05, 0.1) is 6.54 Å². The number of carbonyl (C=O) groups excluding carboxylic acids is 1. The van der Waals surface area contributed by atoms with Gasteiger partial charge in [-0.05, 0) is 12.1 Å². The van der Waals surface area contributed by atoms with Crippen LogP contribution in [-0.2, 0) is 11.3 Å². The SMILES string of the molecule is O=C(CCn1cncn1)Nc1ccc(Cl)nn1. The Labute approximate surface area is 102 Å². The number of aromatic nitrogens is 5. The highest BCUT2D eigenvalue weighted by atomic mass is 35.5. The molecule has 0 spiro atoms. The molecule has 0 fully saturated rings. The number of hydrogen-bond acceptors (Lipinski definition) is 5. The van der Waals surface area contributed by atoms with Crippen LogP contribution >= 0.6 is 11.6 Å². The van der Waals surface area contributed by atoms with Crippen LogP contribution in [0.1, 0.15) is 6.42 Å². The van der Waals surface area contributed by atoms with Crippen LogP contribution in [0, 0.1) is 0 Å².